The van der Waals surface area contributed by atoms with Crippen LogP contribution in [0.3, 0.4) is 0 Å². The zero-order valence-electron chi connectivity index (χ0n) is 12.1. The lowest BCUT2D eigenvalue weighted by Crippen LogP contribution is -2.52. The van der Waals surface area contributed by atoms with Gasteiger partial charge >= 0.3 is 0 Å². The SMILES string of the molecule is C[C@@H]1CNCCN1C(=O)c1cn(Cc2ccccc2)nn1. The zero-order valence-corrected chi connectivity index (χ0v) is 12.1. The molecule has 0 spiro atoms. The van der Waals surface area contributed by atoms with Gasteiger partial charge < -0.3 is 10.2 Å². The van der Waals surface area contributed by atoms with Gasteiger partial charge in [0.1, 0.15) is 0 Å². The molecule has 2 aromatic rings. The molecule has 0 saturated carbocycles. The van der Waals surface area contributed by atoms with E-state index in [1.807, 2.05) is 42.2 Å². The lowest BCUT2D eigenvalue weighted by Gasteiger charge is -2.33. The quantitative estimate of drug-likeness (QED) is 0.904. The van der Waals surface area contributed by atoms with Crippen molar-refractivity contribution >= 4 is 5.91 Å². The van der Waals surface area contributed by atoms with E-state index in [4.69, 9.17) is 0 Å². The van der Waals surface area contributed by atoms with Crippen LogP contribution in [0.1, 0.15) is 23.0 Å². The molecule has 1 N–H and O–H groups in total. The number of amides is 1. The largest absolute Gasteiger partial charge is 0.332 e. The molecule has 1 amide bonds. The van der Waals surface area contributed by atoms with E-state index in [2.05, 4.69) is 15.6 Å². The molecule has 3 rings (SSSR count). The van der Waals surface area contributed by atoms with Gasteiger partial charge in [0.05, 0.1) is 12.7 Å². The third-order valence-corrected chi connectivity index (χ3v) is 3.71. The van der Waals surface area contributed by atoms with Crippen molar-refractivity contribution in [1.29, 1.82) is 0 Å². The first-order chi connectivity index (χ1) is 10.2. The monoisotopic (exact) mass is 285 g/mol. The molecule has 6 heteroatoms. The average Bonchev–Trinajstić information content (AvgIpc) is 2.97. The molecule has 0 bridgehead atoms. The Morgan fingerprint density at radius 2 is 2.19 bits per heavy atom. The number of hydrogen-bond acceptors (Lipinski definition) is 4. The highest BCUT2D eigenvalue weighted by molar-refractivity contribution is 5.92. The van der Waals surface area contributed by atoms with Crippen molar-refractivity contribution in [3.8, 4) is 0 Å². The first-order valence-electron chi connectivity index (χ1n) is 7.20. The van der Waals surface area contributed by atoms with Crippen LogP contribution in [0.4, 0.5) is 0 Å². The number of carbonyl (C=O) groups is 1. The van der Waals surface area contributed by atoms with Crippen molar-refractivity contribution in [2.24, 2.45) is 0 Å². The van der Waals surface area contributed by atoms with Crippen molar-refractivity contribution in [2.75, 3.05) is 19.6 Å². The number of hydrogen-bond donors (Lipinski definition) is 1. The minimum absolute atomic E-state index is 0.0386. The van der Waals surface area contributed by atoms with Crippen LogP contribution in [0.2, 0.25) is 0 Å². The summed E-state index contributed by atoms with van der Waals surface area (Å²) in [5.41, 5.74) is 1.55. The molecule has 1 aromatic heterocycles. The van der Waals surface area contributed by atoms with Gasteiger partial charge in [0, 0.05) is 25.7 Å². The number of aromatic nitrogens is 3. The minimum atomic E-state index is -0.0386. The summed E-state index contributed by atoms with van der Waals surface area (Å²) >= 11 is 0. The van der Waals surface area contributed by atoms with E-state index in [-0.39, 0.29) is 11.9 Å². The zero-order chi connectivity index (χ0) is 14.7. The molecule has 0 unspecified atom stereocenters. The average molecular weight is 285 g/mol. The van der Waals surface area contributed by atoms with Gasteiger partial charge in [-0.3, -0.25) is 4.79 Å². The molecule has 1 fully saturated rings. The van der Waals surface area contributed by atoms with E-state index < -0.39 is 0 Å². The van der Waals surface area contributed by atoms with Gasteiger partial charge in [-0.15, -0.1) is 5.10 Å². The second-order valence-corrected chi connectivity index (χ2v) is 5.34. The van der Waals surface area contributed by atoms with Crippen LogP contribution in [0.25, 0.3) is 0 Å². The van der Waals surface area contributed by atoms with Crippen molar-refractivity contribution in [3.63, 3.8) is 0 Å². The van der Waals surface area contributed by atoms with Crippen LogP contribution in [0.5, 0.6) is 0 Å². The topological polar surface area (TPSA) is 63.1 Å². The van der Waals surface area contributed by atoms with E-state index in [9.17, 15) is 4.79 Å². The fraction of sp³-hybridized carbons (Fsp3) is 0.400. The van der Waals surface area contributed by atoms with E-state index in [1.54, 1.807) is 10.9 Å². The van der Waals surface area contributed by atoms with Gasteiger partial charge in [-0.1, -0.05) is 35.5 Å². The Hall–Kier alpha value is -2.21. The van der Waals surface area contributed by atoms with E-state index >= 15 is 0 Å². The molecule has 0 radical (unpaired) electrons. The molecule has 6 nitrogen and oxygen atoms in total. The molecule has 110 valence electrons. The van der Waals surface area contributed by atoms with Crippen LogP contribution in [-0.4, -0.2) is 51.5 Å². The van der Waals surface area contributed by atoms with Gasteiger partial charge in [-0.05, 0) is 12.5 Å². The summed E-state index contributed by atoms with van der Waals surface area (Å²) in [5.74, 6) is -0.0386. The highest BCUT2D eigenvalue weighted by atomic mass is 16.2. The minimum Gasteiger partial charge on any atom is -0.332 e. The summed E-state index contributed by atoms with van der Waals surface area (Å²) in [6.07, 6.45) is 1.73. The number of piperazine rings is 1. The smallest absolute Gasteiger partial charge is 0.276 e. The van der Waals surface area contributed by atoms with E-state index in [0.717, 1.165) is 18.7 Å². The highest BCUT2D eigenvalue weighted by Crippen LogP contribution is 2.09. The summed E-state index contributed by atoms with van der Waals surface area (Å²) in [5, 5.41) is 11.4. The lowest BCUT2D eigenvalue weighted by atomic mass is 10.2. The van der Waals surface area contributed by atoms with E-state index in [1.165, 1.54) is 0 Å². The van der Waals surface area contributed by atoms with Crippen molar-refractivity contribution < 1.29 is 4.79 Å². The molecule has 1 aromatic carbocycles. The Balaban J connectivity index is 1.71. The summed E-state index contributed by atoms with van der Waals surface area (Å²) in [7, 11) is 0. The maximum atomic E-state index is 12.5. The number of nitrogens with one attached hydrogen (secondary N) is 1. The third kappa shape index (κ3) is 3.11. The van der Waals surface area contributed by atoms with E-state index in [0.29, 0.717) is 18.8 Å². The van der Waals surface area contributed by atoms with Crippen LogP contribution in [0.15, 0.2) is 36.5 Å². The standard InChI is InChI=1S/C15H19N5O/c1-12-9-16-7-8-20(12)15(21)14-11-19(18-17-14)10-13-5-3-2-4-6-13/h2-6,11-12,16H,7-10H2,1H3/t12-/m1/s1. The molecular formula is C15H19N5O. The summed E-state index contributed by atoms with van der Waals surface area (Å²) in [4.78, 5) is 14.3. The van der Waals surface area contributed by atoms with Crippen LogP contribution < -0.4 is 5.32 Å². The Kier molecular flexibility index (Phi) is 3.96. The third-order valence-electron chi connectivity index (χ3n) is 3.71. The molecule has 21 heavy (non-hydrogen) atoms. The van der Waals surface area contributed by atoms with Gasteiger partial charge in [-0.25, -0.2) is 4.68 Å². The maximum absolute atomic E-state index is 12.5. The number of rotatable bonds is 3. The fourth-order valence-corrected chi connectivity index (χ4v) is 2.53. The number of carbonyl (C=O) groups excluding carboxylic acids is 1. The van der Waals surface area contributed by atoms with Crippen molar-refractivity contribution in [2.45, 2.75) is 19.5 Å². The fourth-order valence-electron chi connectivity index (χ4n) is 2.53. The Labute approximate surface area is 123 Å². The summed E-state index contributed by atoms with van der Waals surface area (Å²) in [6, 6.07) is 10.2. The van der Waals surface area contributed by atoms with Gasteiger partial charge in [0.15, 0.2) is 5.69 Å². The molecule has 1 aliphatic rings. The lowest BCUT2D eigenvalue weighted by molar-refractivity contribution is 0.0649. The highest BCUT2D eigenvalue weighted by Gasteiger charge is 2.25. The first kappa shape index (κ1) is 13.8. The number of nitrogens with zero attached hydrogens (tertiary/aromatic N) is 4. The van der Waals surface area contributed by atoms with Crippen LogP contribution in [-0.2, 0) is 6.54 Å². The predicted octanol–water partition coefficient (Wildman–Crippen LogP) is 0.760. The molecule has 1 saturated heterocycles. The molecule has 2 heterocycles. The predicted molar refractivity (Wildman–Crippen MR) is 78.9 cm³/mol. The normalized spacial score (nSPS) is 18.7. The van der Waals surface area contributed by atoms with Crippen molar-refractivity contribution in [3.05, 3.63) is 47.8 Å². The molecule has 1 atom stereocenters. The summed E-state index contributed by atoms with van der Waals surface area (Å²) < 4.78 is 1.70. The second kappa shape index (κ2) is 6.05. The Morgan fingerprint density at radius 1 is 1.38 bits per heavy atom. The second-order valence-electron chi connectivity index (χ2n) is 5.34. The summed E-state index contributed by atoms with van der Waals surface area (Å²) in [6.45, 7) is 5.03. The Bertz CT molecular complexity index is 610. The molecular weight excluding hydrogens is 266 g/mol. The van der Waals surface area contributed by atoms with Crippen molar-refractivity contribution in [1.82, 2.24) is 25.2 Å². The maximum Gasteiger partial charge on any atom is 0.276 e. The van der Waals surface area contributed by atoms with Crippen LogP contribution in [0, 0.1) is 0 Å². The first-order valence-corrected chi connectivity index (χ1v) is 7.20. The molecule has 0 aliphatic carbocycles. The Morgan fingerprint density at radius 3 is 2.95 bits per heavy atom. The van der Waals surface area contributed by atoms with Gasteiger partial charge in [-0.2, -0.15) is 0 Å². The van der Waals surface area contributed by atoms with Gasteiger partial charge in [0.25, 0.3) is 5.91 Å². The van der Waals surface area contributed by atoms with Gasteiger partial charge in [0.2, 0.25) is 0 Å². The molecule has 1 aliphatic heterocycles. The van der Waals surface area contributed by atoms with Crippen LogP contribution >= 0.6 is 0 Å². The number of benzene rings is 1.